The zero-order valence-electron chi connectivity index (χ0n) is 11.5. The van der Waals surface area contributed by atoms with Crippen LogP contribution < -0.4 is 10.1 Å². The maximum absolute atomic E-state index is 5.49. The molecule has 0 saturated heterocycles. The van der Waals surface area contributed by atoms with Crippen molar-refractivity contribution in [3.05, 3.63) is 24.0 Å². The fourth-order valence-electron chi connectivity index (χ4n) is 1.97. The third kappa shape index (κ3) is 3.70. The van der Waals surface area contributed by atoms with E-state index >= 15 is 0 Å². The number of nitrogens with one attached hydrogen (secondary N) is 1. The summed E-state index contributed by atoms with van der Waals surface area (Å²) < 4.78 is 5.49. The summed E-state index contributed by atoms with van der Waals surface area (Å²) >= 11 is 0. The van der Waals surface area contributed by atoms with Crippen LogP contribution >= 0.6 is 0 Å². The largest absolute Gasteiger partial charge is 0.492 e. The first-order chi connectivity index (χ1) is 8.10. The molecule has 3 heteroatoms. The molecule has 0 aliphatic carbocycles. The van der Waals surface area contributed by atoms with Gasteiger partial charge in [0.15, 0.2) is 0 Å². The average molecular weight is 236 g/mol. The highest BCUT2D eigenvalue weighted by Gasteiger charge is 2.20. The number of rotatable bonds is 6. The molecule has 3 nitrogen and oxygen atoms in total. The van der Waals surface area contributed by atoms with Crippen molar-refractivity contribution in [2.75, 3.05) is 13.7 Å². The van der Waals surface area contributed by atoms with Crippen LogP contribution in [-0.2, 0) is 0 Å². The lowest BCUT2D eigenvalue weighted by Crippen LogP contribution is -2.26. The van der Waals surface area contributed by atoms with Crippen molar-refractivity contribution in [2.24, 2.45) is 11.8 Å². The van der Waals surface area contributed by atoms with Gasteiger partial charge in [0.1, 0.15) is 5.75 Å². The average Bonchev–Trinajstić information content (AvgIpc) is 2.30. The molecule has 1 aromatic rings. The Labute approximate surface area is 105 Å². The summed E-state index contributed by atoms with van der Waals surface area (Å²) in [6, 6.07) is 2.40. The minimum Gasteiger partial charge on any atom is -0.492 e. The second kappa shape index (κ2) is 6.60. The summed E-state index contributed by atoms with van der Waals surface area (Å²) in [7, 11) is 2.00. The van der Waals surface area contributed by atoms with Crippen LogP contribution in [0.1, 0.15) is 39.3 Å². The minimum absolute atomic E-state index is 0.322. The van der Waals surface area contributed by atoms with Gasteiger partial charge < -0.3 is 10.1 Å². The number of pyridine rings is 1. The van der Waals surface area contributed by atoms with E-state index in [1.165, 1.54) is 5.56 Å². The molecular weight excluding hydrogens is 212 g/mol. The van der Waals surface area contributed by atoms with E-state index in [9.17, 15) is 0 Å². The van der Waals surface area contributed by atoms with Crippen molar-refractivity contribution in [1.29, 1.82) is 0 Å². The quantitative estimate of drug-likeness (QED) is 0.824. The first kappa shape index (κ1) is 14.0. The molecule has 1 N–H and O–H groups in total. The predicted molar refractivity (Wildman–Crippen MR) is 71.2 cm³/mol. The van der Waals surface area contributed by atoms with Gasteiger partial charge in [0.05, 0.1) is 12.8 Å². The highest BCUT2D eigenvalue weighted by atomic mass is 16.5. The molecule has 1 rings (SSSR count). The van der Waals surface area contributed by atoms with E-state index in [2.05, 4.69) is 37.1 Å². The van der Waals surface area contributed by atoms with Crippen molar-refractivity contribution in [3.63, 3.8) is 0 Å². The second-order valence-corrected chi connectivity index (χ2v) is 4.76. The Morgan fingerprint density at radius 3 is 2.53 bits per heavy atom. The SMILES string of the molecule is CCOc1cncc(C(NC)C(C)C(C)C)c1. The lowest BCUT2D eigenvalue weighted by molar-refractivity contribution is 0.312. The van der Waals surface area contributed by atoms with Crippen LogP contribution in [0.25, 0.3) is 0 Å². The standard InChI is InChI=1S/C14H24N2O/c1-6-17-13-7-12(8-16-9-13)14(15-5)11(4)10(2)3/h7-11,14-15H,6H2,1-5H3. The van der Waals surface area contributed by atoms with Crippen molar-refractivity contribution in [2.45, 2.75) is 33.7 Å². The molecule has 0 spiro atoms. The highest BCUT2D eigenvalue weighted by molar-refractivity contribution is 5.26. The van der Waals surface area contributed by atoms with E-state index in [1.54, 1.807) is 6.20 Å². The summed E-state index contributed by atoms with van der Waals surface area (Å²) in [5, 5.41) is 3.37. The van der Waals surface area contributed by atoms with Gasteiger partial charge in [-0.15, -0.1) is 0 Å². The Balaban J connectivity index is 2.91. The van der Waals surface area contributed by atoms with Crippen LogP contribution in [0.2, 0.25) is 0 Å². The third-order valence-electron chi connectivity index (χ3n) is 3.29. The zero-order chi connectivity index (χ0) is 12.8. The molecular formula is C14H24N2O. The maximum atomic E-state index is 5.49. The first-order valence-corrected chi connectivity index (χ1v) is 6.35. The molecule has 2 atom stereocenters. The molecule has 0 aliphatic rings. The second-order valence-electron chi connectivity index (χ2n) is 4.76. The van der Waals surface area contributed by atoms with Gasteiger partial charge in [0, 0.05) is 12.2 Å². The summed E-state index contributed by atoms with van der Waals surface area (Å²) in [6.45, 7) is 9.41. The fourth-order valence-corrected chi connectivity index (χ4v) is 1.97. The smallest absolute Gasteiger partial charge is 0.137 e. The van der Waals surface area contributed by atoms with Crippen molar-refractivity contribution >= 4 is 0 Å². The molecule has 0 aromatic carbocycles. The highest BCUT2D eigenvalue weighted by Crippen LogP contribution is 2.28. The van der Waals surface area contributed by atoms with Crippen LogP contribution in [0.5, 0.6) is 5.75 Å². The van der Waals surface area contributed by atoms with E-state index in [0.29, 0.717) is 24.5 Å². The molecule has 0 saturated carbocycles. The number of ether oxygens (including phenoxy) is 1. The van der Waals surface area contributed by atoms with Crippen LogP contribution in [0.15, 0.2) is 18.5 Å². The van der Waals surface area contributed by atoms with E-state index in [4.69, 9.17) is 4.74 Å². The molecule has 1 heterocycles. The third-order valence-corrected chi connectivity index (χ3v) is 3.29. The Kier molecular flexibility index (Phi) is 5.42. The van der Waals surface area contributed by atoms with Crippen LogP contribution in [-0.4, -0.2) is 18.6 Å². The molecule has 1 aromatic heterocycles. The Morgan fingerprint density at radius 2 is 2.00 bits per heavy atom. The number of nitrogens with zero attached hydrogens (tertiary/aromatic N) is 1. The van der Waals surface area contributed by atoms with Gasteiger partial charge in [-0.25, -0.2) is 0 Å². The van der Waals surface area contributed by atoms with Gasteiger partial charge in [-0.05, 0) is 37.4 Å². The van der Waals surface area contributed by atoms with Crippen LogP contribution in [0, 0.1) is 11.8 Å². The molecule has 0 radical (unpaired) electrons. The maximum Gasteiger partial charge on any atom is 0.137 e. The predicted octanol–water partition coefficient (Wildman–Crippen LogP) is 3.03. The van der Waals surface area contributed by atoms with E-state index in [1.807, 2.05) is 20.2 Å². The zero-order valence-corrected chi connectivity index (χ0v) is 11.5. The molecule has 0 fully saturated rings. The van der Waals surface area contributed by atoms with Crippen LogP contribution in [0.4, 0.5) is 0 Å². The summed E-state index contributed by atoms with van der Waals surface area (Å²) in [5.41, 5.74) is 1.19. The van der Waals surface area contributed by atoms with E-state index in [0.717, 1.165) is 5.75 Å². The molecule has 0 bridgehead atoms. The molecule has 2 unspecified atom stereocenters. The fraction of sp³-hybridized carbons (Fsp3) is 0.643. The van der Waals surface area contributed by atoms with Crippen LogP contribution in [0.3, 0.4) is 0 Å². The molecule has 96 valence electrons. The van der Waals surface area contributed by atoms with E-state index in [-0.39, 0.29) is 0 Å². The van der Waals surface area contributed by atoms with Crippen molar-refractivity contribution < 1.29 is 4.74 Å². The molecule has 17 heavy (non-hydrogen) atoms. The Morgan fingerprint density at radius 1 is 1.29 bits per heavy atom. The van der Waals surface area contributed by atoms with Gasteiger partial charge in [-0.2, -0.15) is 0 Å². The van der Waals surface area contributed by atoms with E-state index < -0.39 is 0 Å². The first-order valence-electron chi connectivity index (χ1n) is 6.35. The van der Waals surface area contributed by atoms with Gasteiger partial charge in [0.2, 0.25) is 0 Å². The van der Waals surface area contributed by atoms with Gasteiger partial charge in [-0.3, -0.25) is 4.98 Å². The molecule has 0 amide bonds. The summed E-state index contributed by atoms with van der Waals surface area (Å²) in [4.78, 5) is 4.25. The minimum atomic E-state index is 0.322. The van der Waals surface area contributed by atoms with Gasteiger partial charge in [0.25, 0.3) is 0 Å². The normalized spacial score (nSPS) is 14.7. The summed E-state index contributed by atoms with van der Waals surface area (Å²) in [5.74, 6) is 2.03. The molecule has 0 aliphatic heterocycles. The summed E-state index contributed by atoms with van der Waals surface area (Å²) in [6.07, 6.45) is 3.68. The number of hydrogen-bond donors (Lipinski definition) is 1. The topological polar surface area (TPSA) is 34.1 Å². The van der Waals surface area contributed by atoms with Gasteiger partial charge >= 0.3 is 0 Å². The Bertz CT molecular complexity index is 339. The lowest BCUT2D eigenvalue weighted by Gasteiger charge is -2.27. The lowest BCUT2D eigenvalue weighted by atomic mass is 9.87. The monoisotopic (exact) mass is 236 g/mol. The Hall–Kier alpha value is -1.09. The number of aromatic nitrogens is 1. The van der Waals surface area contributed by atoms with Gasteiger partial charge in [-0.1, -0.05) is 20.8 Å². The number of hydrogen-bond acceptors (Lipinski definition) is 3. The van der Waals surface area contributed by atoms with Crippen molar-refractivity contribution in [1.82, 2.24) is 10.3 Å². The van der Waals surface area contributed by atoms with Crippen molar-refractivity contribution in [3.8, 4) is 5.75 Å².